The van der Waals surface area contributed by atoms with Crippen LogP contribution in [-0.2, 0) is 0 Å². The molecular weight excluding hydrogens is 323 g/mol. The number of carbonyl (C=O) groups is 1. The van der Waals surface area contributed by atoms with Crippen LogP contribution in [0, 0.1) is 5.82 Å². The second kappa shape index (κ2) is 6.05. The number of benzene rings is 2. The van der Waals surface area contributed by atoms with Gasteiger partial charge in [-0.15, -0.1) is 0 Å². The minimum absolute atomic E-state index is 0.130. The van der Waals surface area contributed by atoms with E-state index in [4.69, 9.17) is 5.73 Å². The minimum atomic E-state index is -0.458. The lowest BCUT2D eigenvalue weighted by atomic mass is 10.1. The fourth-order valence-corrected chi connectivity index (χ4v) is 2.11. The van der Waals surface area contributed by atoms with Crippen LogP contribution in [-0.4, -0.2) is 5.91 Å². The largest absolute Gasteiger partial charge is 0.398 e. The molecule has 0 aliphatic heterocycles. The molecule has 0 radical (unpaired) electrons. The summed E-state index contributed by atoms with van der Waals surface area (Å²) in [5.41, 5.74) is 7.03. The molecule has 0 saturated carbocycles. The van der Waals surface area contributed by atoms with Crippen LogP contribution in [0.25, 0.3) is 0 Å². The molecule has 0 heterocycles. The zero-order chi connectivity index (χ0) is 14.7. The van der Waals surface area contributed by atoms with Crippen molar-refractivity contribution in [1.29, 1.82) is 0 Å². The number of carbonyl (C=O) groups excluding carboxylic acids is 1. The average Bonchev–Trinajstić information content (AvgIpc) is 2.39. The lowest BCUT2D eigenvalue weighted by molar-refractivity contribution is 0.0941. The summed E-state index contributed by atoms with van der Waals surface area (Å²) >= 11 is 3.36. The Hall–Kier alpha value is -1.88. The average molecular weight is 337 g/mol. The Morgan fingerprint density at radius 1 is 1.25 bits per heavy atom. The maximum absolute atomic E-state index is 13.0. The van der Waals surface area contributed by atoms with Crippen molar-refractivity contribution in [3.63, 3.8) is 0 Å². The van der Waals surface area contributed by atoms with Gasteiger partial charge >= 0.3 is 0 Å². The van der Waals surface area contributed by atoms with Gasteiger partial charge in [0.1, 0.15) is 5.82 Å². The van der Waals surface area contributed by atoms with E-state index in [1.165, 1.54) is 12.1 Å². The lowest BCUT2D eigenvalue weighted by Crippen LogP contribution is -2.27. The van der Waals surface area contributed by atoms with Gasteiger partial charge in [0.15, 0.2) is 0 Å². The standard InChI is InChI=1S/C15H14BrFN2O/c1-9(10-2-4-11(16)5-3-10)19-15(20)13-7-6-12(17)8-14(13)18/h2-9H,18H2,1H3,(H,19,20)/t9-/m1/s1. The van der Waals surface area contributed by atoms with E-state index in [1.807, 2.05) is 31.2 Å². The first-order chi connectivity index (χ1) is 9.47. The third kappa shape index (κ3) is 3.36. The summed E-state index contributed by atoms with van der Waals surface area (Å²) in [7, 11) is 0. The molecule has 5 heteroatoms. The zero-order valence-corrected chi connectivity index (χ0v) is 12.4. The predicted molar refractivity (Wildman–Crippen MR) is 80.8 cm³/mol. The molecule has 1 amide bonds. The van der Waals surface area contributed by atoms with Gasteiger partial charge in [-0.3, -0.25) is 4.79 Å². The molecule has 3 nitrogen and oxygen atoms in total. The van der Waals surface area contributed by atoms with Crippen molar-refractivity contribution in [3.05, 3.63) is 63.9 Å². The Morgan fingerprint density at radius 2 is 1.90 bits per heavy atom. The fourth-order valence-electron chi connectivity index (χ4n) is 1.85. The minimum Gasteiger partial charge on any atom is -0.398 e. The highest BCUT2D eigenvalue weighted by molar-refractivity contribution is 9.10. The van der Waals surface area contributed by atoms with Crippen LogP contribution in [0.15, 0.2) is 46.9 Å². The van der Waals surface area contributed by atoms with Gasteiger partial charge in [0.25, 0.3) is 5.91 Å². The molecule has 0 aromatic heterocycles. The van der Waals surface area contributed by atoms with Gasteiger partial charge in [-0.2, -0.15) is 0 Å². The Balaban J connectivity index is 2.13. The number of halogens is 2. The number of hydrogen-bond donors (Lipinski definition) is 2. The summed E-state index contributed by atoms with van der Waals surface area (Å²) in [5, 5.41) is 2.84. The highest BCUT2D eigenvalue weighted by atomic mass is 79.9. The van der Waals surface area contributed by atoms with Crippen LogP contribution in [0.3, 0.4) is 0 Å². The Morgan fingerprint density at radius 3 is 2.50 bits per heavy atom. The van der Waals surface area contributed by atoms with Crippen molar-refractivity contribution < 1.29 is 9.18 Å². The first-order valence-electron chi connectivity index (χ1n) is 6.08. The predicted octanol–water partition coefficient (Wildman–Crippen LogP) is 3.66. The number of anilines is 1. The van der Waals surface area contributed by atoms with Gasteiger partial charge in [0, 0.05) is 10.2 Å². The molecule has 2 rings (SSSR count). The van der Waals surface area contributed by atoms with Crippen LogP contribution in [0.4, 0.5) is 10.1 Å². The number of hydrogen-bond acceptors (Lipinski definition) is 2. The third-order valence-electron chi connectivity index (χ3n) is 2.98. The maximum atomic E-state index is 13.0. The summed E-state index contributed by atoms with van der Waals surface area (Å²) in [5.74, 6) is -0.780. The second-order valence-electron chi connectivity index (χ2n) is 4.48. The quantitative estimate of drug-likeness (QED) is 0.840. The topological polar surface area (TPSA) is 55.1 Å². The van der Waals surface area contributed by atoms with Crippen LogP contribution in [0.1, 0.15) is 28.9 Å². The monoisotopic (exact) mass is 336 g/mol. The highest BCUT2D eigenvalue weighted by Gasteiger charge is 2.14. The SMILES string of the molecule is C[C@@H](NC(=O)c1ccc(F)cc1N)c1ccc(Br)cc1. The second-order valence-corrected chi connectivity index (χ2v) is 5.39. The number of amides is 1. The summed E-state index contributed by atoms with van der Waals surface area (Å²) in [4.78, 5) is 12.1. The number of rotatable bonds is 3. The van der Waals surface area contributed by atoms with Gasteiger partial charge < -0.3 is 11.1 Å². The van der Waals surface area contributed by atoms with Crippen LogP contribution >= 0.6 is 15.9 Å². The van der Waals surface area contributed by atoms with E-state index in [1.54, 1.807) is 0 Å². The smallest absolute Gasteiger partial charge is 0.253 e. The van der Waals surface area contributed by atoms with Crippen LogP contribution in [0.2, 0.25) is 0 Å². The third-order valence-corrected chi connectivity index (χ3v) is 3.50. The van der Waals surface area contributed by atoms with Gasteiger partial charge in [-0.05, 0) is 42.8 Å². The number of nitrogens with two attached hydrogens (primary N) is 1. The molecule has 0 fully saturated rings. The van der Waals surface area contributed by atoms with Gasteiger partial charge in [0.2, 0.25) is 0 Å². The molecule has 0 aliphatic carbocycles. The Kier molecular flexibility index (Phi) is 4.39. The van der Waals surface area contributed by atoms with E-state index >= 15 is 0 Å². The van der Waals surface area contributed by atoms with E-state index < -0.39 is 5.82 Å². The zero-order valence-electron chi connectivity index (χ0n) is 10.9. The van der Waals surface area contributed by atoms with Gasteiger partial charge in [-0.25, -0.2) is 4.39 Å². The molecule has 2 aromatic carbocycles. The van der Waals surface area contributed by atoms with Gasteiger partial charge in [-0.1, -0.05) is 28.1 Å². The molecule has 0 spiro atoms. The van der Waals surface area contributed by atoms with E-state index in [2.05, 4.69) is 21.2 Å². The molecule has 1 atom stereocenters. The molecule has 0 saturated heterocycles. The molecule has 0 bridgehead atoms. The van der Waals surface area contributed by atoms with E-state index in [0.29, 0.717) is 0 Å². The molecule has 20 heavy (non-hydrogen) atoms. The molecule has 3 N–H and O–H groups in total. The van der Waals surface area contributed by atoms with Crippen LogP contribution < -0.4 is 11.1 Å². The number of nitrogen functional groups attached to an aromatic ring is 1. The van der Waals surface area contributed by atoms with Crippen LogP contribution in [0.5, 0.6) is 0 Å². The molecule has 104 valence electrons. The Bertz CT molecular complexity index is 628. The van der Waals surface area contributed by atoms with Crippen molar-refractivity contribution in [2.24, 2.45) is 0 Å². The summed E-state index contributed by atoms with van der Waals surface area (Å²) in [6.45, 7) is 1.88. The van der Waals surface area contributed by atoms with Crippen molar-refractivity contribution >= 4 is 27.5 Å². The molecule has 0 aliphatic rings. The lowest BCUT2D eigenvalue weighted by Gasteiger charge is -2.15. The first kappa shape index (κ1) is 14.5. The van der Waals surface area contributed by atoms with E-state index in [-0.39, 0.29) is 23.2 Å². The maximum Gasteiger partial charge on any atom is 0.253 e. The first-order valence-corrected chi connectivity index (χ1v) is 6.88. The number of nitrogens with one attached hydrogen (secondary N) is 1. The summed E-state index contributed by atoms with van der Waals surface area (Å²) in [6.07, 6.45) is 0. The molecular formula is C15H14BrFN2O. The molecule has 0 unspecified atom stereocenters. The van der Waals surface area contributed by atoms with E-state index in [0.717, 1.165) is 16.1 Å². The van der Waals surface area contributed by atoms with Crippen molar-refractivity contribution in [2.45, 2.75) is 13.0 Å². The van der Waals surface area contributed by atoms with Crippen molar-refractivity contribution in [1.82, 2.24) is 5.32 Å². The Labute approximate surface area is 125 Å². The normalized spacial score (nSPS) is 11.9. The fraction of sp³-hybridized carbons (Fsp3) is 0.133. The summed E-state index contributed by atoms with van der Waals surface area (Å²) < 4.78 is 13.9. The highest BCUT2D eigenvalue weighted by Crippen LogP contribution is 2.18. The summed E-state index contributed by atoms with van der Waals surface area (Å²) in [6, 6.07) is 11.2. The molecule has 2 aromatic rings. The van der Waals surface area contributed by atoms with E-state index in [9.17, 15) is 9.18 Å². The van der Waals surface area contributed by atoms with Gasteiger partial charge in [0.05, 0.1) is 11.6 Å². The van der Waals surface area contributed by atoms with Crippen molar-refractivity contribution in [2.75, 3.05) is 5.73 Å². The van der Waals surface area contributed by atoms with Crippen molar-refractivity contribution in [3.8, 4) is 0 Å².